The third kappa shape index (κ3) is 23.7. The van der Waals surface area contributed by atoms with Gasteiger partial charge in [0.2, 0.25) is 0 Å². The van der Waals surface area contributed by atoms with Crippen molar-refractivity contribution in [3.63, 3.8) is 0 Å². The van der Waals surface area contributed by atoms with E-state index in [1.807, 2.05) is 0 Å². The highest BCUT2D eigenvalue weighted by Gasteiger charge is 2.15. The van der Waals surface area contributed by atoms with Crippen LogP contribution in [0, 0.1) is 0 Å². The van der Waals surface area contributed by atoms with Gasteiger partial charge >= 0.3 is 0 Å². The van der Waals surface area contributed by atoms with E-state index in [0.717, 1.165) is 0 Å². The lowest BCUT2D eigenvalue weighted by Crippen LogP contribution is -2.11. The molecule has 0 aliphatic carbocycles. The van der Waals surface area contributed by atoms with Crippen molar-refractivity contribution in [1.82, 2.24) is 0 Å². The van der Waals surface area contributed by atoms with E-state index in [0.29, 0.717) is 0 Å². The summed E-state index contributed by atoms with van der Waals surface area (Å²) in [4.78, 5) is 0. The van der Waals surface area contributed by atoms with Crippen LogP contribution in [0.15, 0.2) is 0 Å². The Hall–Kier alpha value is 1.40. The molecule has 0 aromatic rings. The molecule has 0 bridgehead atoms. The first-order valence-electron chi connectivity index (χ1n) is 9.35. The van der Waals surface area contributed by atoms with E-state index in [1.165, 1.54) is 57.8 Å². The maximum Gasteiger partial charge on any atom is 0.261 e. The number of halogens is 3. The molecule has 0 N–H and O–H groups in total. The van der Waals surface area contributed by atoms with E-state index >= 15 is 0 Å². The van der Waals surface area contributed by atoms with Gasteiger partial charge in [-0.2, -0.15) is 0 Å². The molecule has 4 heteroatoms. The predicted octanol–water partition coefficient (Wildman–Crippen LogP) is 8.49. The molecule has 22 heavy (non-hydrogen) atoms. The fraction of sp³-hybridized carbons (Fsp3) is 1.00. The zero-order valence-corrected chi connectivity index (χ0v) is 19.0. The number of hydrogen-bond donors (Lipinski definition) is 0. The van der Waals surface area contributed by atoms with Crippen molar-refractivity contribution < 1.29 is 0 Å². The first kappa shape index (κ1) is 31.2. The van der Waals surface area contributed by atoms with Gasteiger partial charge in [0.15, 0.2) is 0 Å². The standard InChI is InChI=1S/3C6H13.Al.3ClH/c3*1-3-5-6-4-2;;;;/h3*1,3-6H2,2H3;;3*1H. The van der Waals surface area contributed by atoms with Crippen molar-refractivity contribution in [3.8, 4) is 0 Å². The second kappa shape index (κ2) is 27.3. The van der Waals surface area contributed by atoms with E-state index in [1.54, 1.807) is 35.1 Å². The highest BCUT2D eigenvalue weighted by atomic mass is 35.5. The summed E-state index contributed by atoms with van der Waals surface area (Å²) in [5.74, 6) is 0. The van der Waals surface area contributed by atoms with Crippen molar-refractivity contribution in [2.24, 2.45) is 0 Å². The molecule has 0 saturated heterocycles. The summed E-state index contributed by atoms with van der Waals surface area (Å²) in [5.41, 5.74) is 0. The highest BCUT2D eigenvalue weighted by molar-refractivity contribution is 6.58. The van der Waals surface area contributed by atoms with Crippen LogP contribution in [-0.4, -0.2) is 14.1 Å². The normalized spacial score (nSPS) is 9.41. The van der Waals surface area contributed by atoms with Gasteiger partial charge < -0.3 is 0 Å². The lowest BCUT2D eigenvalue weighted by Gasteiger charge is -2.11. The number of rotatable bonds is 15. The first-order valence-corrected chi connectivity index (χ1v) is 11.8. The van der Waals surface area contributed by atoms with E-state index < -0.39 is 0 Å². The fourth-order valence-corrected chi connectivity index (χ4v) is 6.48. The van der Waals surface area contributed by atoms with Crippen LogP contribution in [0.5, 0.6) is 0 Å². The second-order valence-corrected chi connectivity index (χ2v) is 9.88. The summed E-state index contributed by atoms with van der Waals surface area (Å²) in [5, 5.41) is 4.95. The maximum atomic E-state index is 2.32. The van der Waals surface area contributed by atoms with Gasteiger partial charge in [-0.15, -0.1) is 37.2 Å². The van der Waals surface area contributed by atoms with Gasteiger partial charge in [0.25, 0.3) is 14.1 Å². The molecule has 0 spiro atoms. The van der Waals surface area contributed by atoms with Gasteiger partial charge in [-0.25, -0.2) is 0 Å². The summed E-state index contributed by atoms with van der Waals surface area (Å²) in [7, 11) is 0. The molecule has 0 aromatic heterocycles. The molecule has 0 nitrogen and oxygen atoms in total. The third-order valence-corrected chi connectivity index (χ3v) is 8.07. The van der Waals surface area contributed by atoms with Gasteiger partial charge in [0, 0.05) is 0 Å². The monoisotopic (exact) mass is 390 g/mol. The predicted molar refractivity (Wildman–Crippen MR) is 114 cm³/mol. The highest BCUT2D eigenvalue weighted by Crippen LogP contribution is 2.19. The van der Waals surface area contributed by atoms with E-state index in [4.69, 9.17) is 0 Å². The zero-order chi connectivity index (χ0) is 14.2. The van der Waals surface area contributed by atoms with Crippen molar-refractivity contribution in [2.45, 2.75) is 114 Å². The van der Waals surface area contributed by atoms with Gasteiger partial charge in [-0.05, 0) is 0 Å². The average molecular weight is 392 g/mol. The molecule has 138 valence electrons. The molecule has 0 atom stereocenters. The first-order chi connectivity index (χ1) is 9.35. The quantitative estimate of drug-likeness (QED) is 0.194. The van der Waals surface area contributed by atoms with Crippen LogP contribution >= 0.6 is 37.2 Å². The Morgan fingerprint density at radius 2 is 0.682 bits per heavy atom. The summed E-state index contributed by atoms with van der Waals surface area (Å²) in [6.45, 7) is 6.97. The number of unbranched alkanes of at least 4 members (excludes halogenated alkanes) is 9. The Morgan fingerprint density at radius 1 is 0.409 bits per heavy atom. The average Bonchev–Trinajstić information content (AvgIpc) is 2.43. The second-order valence-electron chi connectivity index (χ2n) is 6.41. The molecule has 0 unspecified atom stereocenters. The van der Waals surface area contributed by atoms with Crippen molar-refractivity contribution in [3.05, 3.63) is 0 Å². The van der Waals surface area contributed by atoms with Gasteiger partial charge in [0.05, 0.1) is 0 Å². The van der Waals surface area contributed by atoms with Crippen molar-refractivity contribution >= 4 is 51.4 Å². The molecule has 0 saturated carbocycles. The molecule has 0 radical (unpaired) electrons. The minimum atomic E-state index is -0.362. The molecular formula is C18H42AlCl3. The summed E-state index contributed by atoms with van der Waals surface area (Å²) >= 11 is -0.362. The Kier molecular flexibility index (Phi) is 38.7. The third-order valence-electron chi connectivity index (χ3n) is 4.40. The molecule has 0 amide bonds. The van der Waals surface area contributed by atoms with Crippen LogP contribution in [0.2, 0.25) is 15.8 Å². The number of hydrogen-bond acceptors (Lipinski definition) is 0. The zero-order valence-electron chi connectivity index (χ0n) is 15.4. The lowest BCUT2D eigenvalue weighted by molar-refractivity contribution is 0.672. The van der Waals surface area contributed by atoms with Crippen molar-refractivity contribution in [2.75, 3.05) is 0 Å². The minimum absolute atomic E-state index is 0. The topological polar surface area (TPSA) is 0 Å². The van der Waals surface area contributed by atoms with Gasteiger partial charge in [0.1, 0.15) is 0 Å². The largest absolute Gasteiger partial charge is 0.261 e. The Balaban J connectivity index is -0.000000540. The van der Waals surface area contributed by atoms with Crippen molar-refractivity contribution in [1.29, 1.82) is 0 Å². The van der Waals surface area contributed by atoms with Crippen LogP contribution in [-0.2, 0) is 0 Å². The lowest BCUT2D eigenvalue weighted by atomic mass is 10.2. The Morgan fingerprint density at radius 3 is 0.909 bits per heavy atom. The molecule has 0 heterocycles. The maximum absolute atomic E-state index is 2.32. The molecule has 0 aliphatic heterocycles. The smallest absolute Gasteiger partial charge is 0.147 e. The SMILES string of the molecule is CCCCC[CH2][Al]([CH2]CCCCC)[CH2]CCCCC.Cl.Cl.Cl. The van der Waals surface area contributed by atoms with Crippen LogP contribution in [0.25, 0.3) is 0 Å². The molecule has 0 aromatic carbocycles. The molecular weight excluding hydrogens is 350 g/mol. The Bertz CT molecular complexity index is 140. The Labute approximate surface area is 164 Å². The van der Waals surface area contributed by atoms with E-state index in [2.05, 4.69) is 20.8 Å². The summed E-state index contributed by atoms with van der Waals surface area (Å²) in [6.07, 6.45) is 17.7. The van der Waals surface area contributed by atoms with Crippen LogP contribution in [0.4, 0.5) is 0 Å². The molecule has 0 rings (SSSR count). The fourth-order valence-electron chi connectivity index (χ4n) is 3.01. The van der Waals surface area contributed by atoms with E-state index in [9.17, 15) is 0 Å². The summed E-state index contributed by atoms with van der Waals surface area (Å²) < 4.78 is 0. The molecule has 0 aliphatic rings. The van der Waals surface area contributed by atoms with Crippen LogP contribution < -0.4 is 0 Å². The van der Waals surface area contributed by atoms with Crippen LogP contribution in [0.1, 0.15) is 97.8 Å². The minimum Gasteiger partial charge on any atom is -0.147 e. The van der Waals surface area contributed by atoms with E-state index in [-0.39, 0.29) is 51.4 Å². The van der Waals surface area contributed by atoms with Gasteiger partial charge in [-0.1, -0.05) is 114 Å². The van der Waals surface area contributed by atoms with Crippen LogP contribution in [0.3, 0.4) is 0 Å². The van der Waals surface area contributed by atoms with Gasteiger partial charge in [-0.3, -0.25) is 0 Å². The summed E-state index contributed by atoms with van der Waals surface area (Å²) in [6, 6.07) is 0. The molecule has 0 fully saturated rings.